The summed E-state index contributed by atoms with van der Waals surface area (Å²) in [6, 6.07) is 6.99. The molecule has 0 saturated carbocycles. The predicted molar refractivity (Wildman–Crippen MR) is 105 cm³/mol. The molecule has 29 heavy (non-hydrogen) atoms. The Balaban J connectivity index is 2.27. The highest BCUT2D eigenvalue weighted by atomic mass is 35.6. The van der Waals surface area contributed by atoms with Crippen LogP contribution in [0.15, 0.2) is 42.5 Å². The van der Waals surface area contributed by atoms with E-state index < -0.39 is 32.5 Å². The van der Waals surface area contributed by atoms with Gasteiger partial charge in [0.15, 0.2) is 0 Å². The average Bonchev–Trinajstić information content (AvgIpc) is 2.61. The van der Waals surface area contributed by atoms with Gasteiger partial charge in [-0.15, -0.1) is 0 Å². The van der Waals surface area contributed by atoms with Gasteiger partial charge in [-0.25, -0.2) is 0 Å². The lowest BCUT2D eigenvalue weighted by molar-refractivity contribution is -0.384. The van der Waals surface area contributed by atoms with E-state index in [1.165, 1.54) is 12.1 Å². The Labute approximate surface area is 182 Å². The van der Waals surface area contributed by atoms with Crippen LogP contribution in [0.1, 0.15) is 15.9 Å². The molecule has 0 aliphatic heterocycles. The van der Waals surface area contributed by atoms with Crippen molar-refractivity contribution in [1.29, 1.82) is 0 Å². The van der Waals surface area contributed by atoms with Crippen molar-refractivity contribution >= 4 is 63.7 Å². The zero-order chi connectivity index (χ0) is 22.0. The highest BCUT2D eigenvalue weighted by molar-refractivity contribution is 6.68. The summed E-state index contributed by atoms with van der Waals surface area (Å²) in [7, 11) is 0. The fourth-order valence-electron chi connectivity index (χ4n) is 2.12. The number of benzene rings is 2. The number of halogens is 7. The van der Waals surface area contributed by atoms with Gasteiger partial charge in [-0.2, -0.15) is 13.2 Å². The van der Waals surface area contributed by atoms with E-state index in [2.05, 4.69) is 10.6 Å². The largest absolute Gasteiger partial charge is 0.416 e. The van der Waals surface area contributed by atoms with Crippen molar-refractivity contribution in [3.63, 3.8) is 0 Å². The maximum Gasteiger partial charge on any atom is 0.416 e. The molecule has 0 fully saturated rings. The average molecular weight is 491 g/mol. The molecular weight excluding hydrogens is 481 g/mol. The van der Waals surface area contributed by atoms with Gasteiger partial charge in [0, 0.05) is 17.7 Å². The van der Waals surface area contributed by atoms with E-state index in [1.807, 2.05) is 0 Å². The van der Waals surface area contributed by atoms with Crippen molar-refractivity contribution in [3.05, 3.63) is 68.7 Å². The SMILES string of the molecule is O=C(N[C@@H](Nc1cc(C(F)(F)F)ccc1Cl)C(Cl)(Cl)Cl)c1ccc([N+](=O)[O-])cc1. The minimum Gasteiger partial charge on any atom is -0.361 e. The third-order valence-corrected chi connectivity index (χ3v) is 4.52. The molecule has 156 valence electrons. The van der Waals surface area contributed by atoms with Crippen LogP contribution >= 0.6 is 46.4 Å². The molecule has 1 atom stereocenters. The van der Waals surface area contributed by atoms with Gasteiger partial charge in [0.05, 0.1) is 21.2 Å². The number of carbonyl (C=O) groups excluding carboxylic acids is 1. The Hall–Kier alpha value is -1.94. The summed E-state index contributed by atoms with van der Waals surface area (Å²) in [6.07, 6.45) is -6.13. The highest BCUT2D eigenvalue weighted by Gasteiger charge is 2.36. The zero-order valence-electron chi connectivity index (χ0n) is 13.9. The second kappa shape index (κ2) is 8.83. The molecule has 2 aromatic rings. The third kappa shape index (κ3) is 6.27. The molecule has 2 aromatic carbocycles. The quantitative estimate of drug-likeness (QED) is 0.240. The number of non-ortho nitro benzene ring substituents is 1. The summed E-state index contributed by atoms with van der Waals surface area (Å²) in [5, 5.41) is 15.3. The molecule has 0 spiro atoms. The summed E-state index contributed by atoms with van der Waals surface area (Å²) >= 11 is 23.4. The smallest absolute Gasteiger partial charge is 0.361 e. The Morgan fingerprint density at radius 2 is 1.66 bits per heavy atom. The van der Waals surface area contributed by atoms with E-state index >= 15 is 0 Å². The maximum absolute atomic E-state index is 12.9. The lowest BCUT2D eigenvalue weighted by atomic mass is 10.2. The van der Waals surface area contributed by atoms with E-state index in [-0.39, 0.29) is 22.0 Å². The lowest BCUT2D eigenvalue weighted by Gasteiger charge is -2.28. The molecular formula is C16H10Cl4F3N3O3. The van der Waals surface area contributed by atoms with Crippen LogP contribution in [0.3, 0.4) is 0 Å². The van der Waals surface area contributed by atoms with Crippen LogP contribution in [0.25, 0.3) is 0 Å². The number of hydrogen-bond donors (Lipinski definition) is 2. The van der Waals surface area contributed by atoms with Crippen LogP contribution in [0.2, 0.25) is 5.02 Å². The molecule has 1 amide bonds. The second-order valence-corrected chi connectivity index (χ2v) is 8.36. The number of anilines is 1. The molecule has 0 radical (unpaired) electrons. The minimum atomic E-state index is -4.64. The molecule has 13 heteroatoms. The molecule has 0 unspecified atom stereocenters. The Kier molecular flexibility index (Phi) is 7.10. The molecule has 0 heterocycles. The predicted octanol–water partition coefficient (Wildman–Crippen LogP) is 5.81. The first-order chi connectivity index (χ1) is 13.3. The van der Waals surface area contributed by atoms with E-state index in [0.717, 1.165) is 24.3 Å². The summed E-state index contributed by atoms with van der Waals surface area (Å²) in [4.78, 5) is 22.4. The standard InChI is InChI=1S/C16H10Cl4F3N3O3/c17-11-6-3-9(16(21,22)23)7-12(11)24-14(15(18,19)20)25-13(27)8-1-4-10(5-2-8)26(28)29/h1-7,14,24H,(H,25,27)/t14-/m1/s1. The third-order valence-electron chi connectivity index (χ3n) is 3.54. The van der Waals surface area contributed by atoms with Crippen molar-refractivity contribution in [3.8, 4) is 0 Å². The lowest BCUT2D eigenvalue weighted by Crippen LogP contribution is -2.49. The van der Waals surface area contributed by atoms with Crippen LogP contribution in [0.5, 0.6) is 0 Å². The van der Waals surface area contributed by atoms with Crippen molar-refractivity contribution < 1.29 is 22.9 Å². The van der Waals surface area contributed by atoms with Crippen LogP contribution in [0.4, 0.5) is 24.5 Å². The van der Waals surface area contributed by atoms with Crippen LogP contribution in [-0.4, -0.2) is 20.8 Å². The van der Waals surface area contributed by atoms with Crippen LogP contribution in [-0.2, 0) is 6.18 Å². The first-order valence-corrected chi connectivity index (χ1v) is 9.05. The van der Waals surface area contributed by atoms with E-state index in [0.29, 0.717) is 6.07 Å². The Morgan fingerprint density at radius 1 is 1.07 bits per heavy atom. The van der Waals surface area contributed by atoms with Gasteiger partial charge in [-0.3, -0.25) is 14.9 Å². The van der Waals surface area contributed by atoms with Crippen molar-refractivity contribution in [1.82, 2.24) is 5.32 Å². The molecule has 6 nitrogen and oxygen atoms in total. The topological polar surface area (TPSA) is 84.3 Å². The first-order valence-electron chi connectivity index (χ1n) is 7.54. The van der Waals surface area contributed by atoms with Gasteiger partial charge in [0.2, 0.25) is 3.79 Å². The van der Waals surface area contributed by atoms with Gasteiger partial charge in [-0.05, 0) is 30.3 Å². The molecule has 0 bridgehead atoms. The summed E-state index contributed by atoms with van der Waals surface area (Å²) in [5.74, 6) is -0.799. The number of nitro groups is 1. The number of nitrogens with one attached hydrogen (secondary N) is 2. The molecule has 0 aliphatic carbocycles. The number of hydrogen-bond acceptors (Lipinski definition) is 4. The second-order valence-electron chi connectivity index (χ2n) is 5.59. The van der Waals surface area contributed by atoms with Gasteiger partial charge >= 0.3 is 6.18 Å². The normalized spacial score (nSPS) is 12.9. The fraction of sp³-hybridized carbons (Fsp3) is 0.188. The zero-order valence-corrected chi connectivity index (χ0v) is 17.0. The molecule has 0 aliphatic rings. The first kappa shape index (κ1) is 23.3. The fourth-order valence-corrected chi connectivity index (χ4v) is 2.62. The molecule has 0 saturated heterocycles. The number of carbonyl (C=O) groups is 1. The van der Waals surface area contributed by atoms with Gasteiger partial charge < -0.3 is 10.6 Å². The van der Waals surface area contributed by atoms with Gasteiger partial charge in [0.25, 0.3) is 11.6 Å². The van der Waals surface area contributed by atoms with Crippen molar-refractivity contribution in [2.24, 2.45) is 0 Å². The highest BCUT2D eigenvalue weighted by Crippen LogP contribution is 2.36. The number of nitrogens with zero attached hydrogens (tertiary/aromatic N) is 1. The molecule has 2 N–H and O–H groups in total. The molecule has 0 aromatic heterocycles. The van der Waals surface area contributed by atoms with E-state index in [9.17, 15) is 28.1 Å². The monoisotopic (exact) mass is 489 g/mol. The summed E-state index contributed by atoms with van der Waals surface area (Å²) in [6.45, 7) is 0. The minimum absolute atomic E-state index is 0.00760. The van der Waals surface area contributed by atoms with Crippen molar-refractivity contribution in [2.45, 2.75) is 16.1 Å². The van der Waals surface area contributed by atoms with Gasteiger partial charge in [0.1, 0.15) is 6.17 Å². The van der Waals surface area contributed by atoms with E-state index in [4.69, 9.17) is 46.4 Å². The number of amides is 1. The number of alkyl halides is 6. The summed E-state index contributed by atoms with van der Waals surface area (Å²) in [5.41, 5.74) is -1.49. The molecule has 2 rings (SSSR count). The van der Waals surface area contributed by atoms with Crippen LogP contribution in [0, 0.1) is 10.1 Å². The number of nitro benzene ring substituents is 1. The maximum atomic E-state index is 12.9. The Bertz CT molecular complexity index is 918. The van der Waals surface area contributed by atoms with Gasteiger partial charge in [-0.1, -0.05) is 46.4 Å². The van der Waals surface area contributed by atoms with E-state index in [1.54, 1.807) is 0 Å². The Morgan fingerprint density at radius 3 is 2.14 bits per heavy atom. The van der Waals surface area contributed by atoms with Crippen LogP contribution < -0.4 is 10.6 Å². The summed E-state index contributed by atoms with van der Waals surface area (Å²) < 4.78 is 36.6. The van der Waals surface area contributed by atoms with Crippen molar-refractivity contribution in [2.75, 3.05) is 5.32 Å². The number of rotatable bonds is 5.